The molecule has 5 nitrogen and oxygen atoms in total. The Labute approximate surface area is 124 Å². The van der Waals surface area contributed by atoms with Gasteiger partial charge in [0, 0.05) is 36.3 Å². The molecule has 1 aliphatic carbocycles. The van der Waals surface area contributed by atoms with E-state index in [1.54, 1.807) is 12.4 Å². The van der Waals surface area contributed by atoms with Crippen LogP contribution in [0.1, 0.15) is 24.6 Å². The number of rotatable bonds is 4. The molecule has 2 aromatic rings. The highest BCUT2D eigenvalue weighted by Gasteiger charge is 2.23. The number of likely N-dealkylation sites (N-methyl/N-ethyl adjacent to an activating group) is 1. The number of aryl methyl sites for hydroxylation is 1. The largest absolute Gasteiger partial charge is 0.394 e. The molecule has 5 heteroatoms. The van der Waals surface area contributed by atoms with Gasteiger partial charge in [-0.05, 0) is 38.3 Å². The highest BCUT2D eigenvalue weighted by molar-refractivity contribution is 5.61. The minimum atomic E-state index is 0.0369. The fourth-order valence-electron chi connectivity index (χ4n) is 2.67. The Balaban J connectivity index is 2.09. The average Bonchev–Trinajstić information content (AvgIpc) is 3.01. The maximum absolute atomic E-state index is 9.41. The Morgan fingerprint density at radius 3 is 2.71 bits per heavy atom. The smallest absolute Gasteiger partial charge is 0.161 e. The molecule has 0 bridgehead atoms. The summed E-state index contributed by atoms with van der Waals surface area (Å²) in [5, 5.41) is 9.41. The predicted octanol–water partition coefficient (Wildman–Crippen LogP) is 1.84. The number of aliphatic hydroxyl groups excluding tert-OH is 1. The zero-order valence-electron chi connectivity index (χ0n) is 12.5. The summed E-state index contributed by atoms with van der Waals surface area (Å²) in [4.78, 5) is 15.6. The molecule has 0 saturated carbocycles. The van der Waals surface area contributed by atoms with Crippen LogP contribution in [-0.2, 0) is 12.8 Å². The summed E-state index contributed by atoms with van der Waals surface area (Å²) in [7, 11) is 1.98. The maximum Gasteiger partial charge on any atom is 0.161 e. The molecule has 0 aliphatic heterocycles. The summed E-state index contributed by atoms with van der Waals surface area (Å²) in [5.74, 6) is 1.69. The van der Waals surface area contributed by atoms with Gasteiger partial charge in [-0.1, -0.05) is 0 Å². The van der Waals surface area contributed by atoms with Gasteiger partial charge in [0.25, 0.3) is 0 Å². The van der Waals surface area contributed by atoms with Gasteiger partial charge in [-0.25, -0.2) is 9.97 Å². The van der Waals surface area contributed by atoms with Crippen LogP contribution in [0.5, 0.6) is 0 Å². The number of aliphatic hydroxyl groups is 1. The van der Waals surface area contributed by atoms with Crippen molar-refractivity contribution < 1.29 is 5.11 Å². The molecule has 0 spiro atoms. The van der Waals surface area contributed by atoms with Crippen LogP contribution in [0.2, 0.25) is 0 Å². The molecule has 3 rings (SSSR count). The summed E-state index contributed by atoms with van der Waals surface area (Å²) in [6, 6.07) is 3.89. The van der Waals surface area contributed by atoms with E-state index in [2.05, 4.69) is 9.88 Å². The van der Waals surface area contributed by atoms with E-state index in [1.165, 1.54) is 5.56 Å². The number of hydrogen-bond donors (Lipinski definition) is 1. The lowest BCUT2D eigenvalue weighted by Crippen LogP contribution is -2.33. The van der Waals surface area contributed by atoms with Crippen molar-refractivity contribution in [1.29, 1.82) is 0 Å². The Morgan fingerprint density at radius 2 is 2.00 bits per heavy atom. The van der Waals surface area contributed by atoms with Crippen molar-refractivity contribution in [2.45, 2.75) is 32.2 Å². The maximum atomic E-state index is 9.41. The Kier molecular flexibility index (Phi) is 3.84. The van der Waals surface area contributed by atoms with E-state index in [0.29, 0.717) is 0 Å². The third kappa shape index (κ3) is 2.61. The SMILES string of the molecule is C[C@H](CO)N(C)c1nc(-c2ccncc2)nc2c1CCC2. The van der Waals surface area contributed by atoms with E-state index in [1.807, 2.05) is 26.1 Å². The first kappa shape index (κ1) is 13.9. The molecule has 0 saturated heterocycles. The minimum absolute atomic E-state index is 0.0369. The fourth-order valence-corrected chi connectivity index (χ4v) is 2.67. The quantitative estimate of drug-likeness (QED) is 0.928. The van der Waals surface area contributed by atoms with Gasteiger partial charge >= 0.3 is 0 Å². The van der Waals surface area contributed by atoms with Gasteiger partial charge in [-0.2, -0.15) is 0 Å². The zero-order valence-corrected chi connectivity index (χ0v) is 12.5. The molecular weight excluding hydrogens is 264 g/mol. The summed E-state index contributed by atoms with van der Waals surface area (Å²) < 4.78 is 0. The Hall–Kier alpha value is -2.01. The minimum Gasteiger partial charge on any atom is -0.394 e. The molecule has 1 aliphatic rings. The van der Waals surface area contributed by atoms with Crippen LogP contribution >= 0.6 is 0 Å². The fraction of sp³-hybridized carbons (Fsp3) is 0.438. The first-order valence-corrected chi connectivity index (χ1v) is 7.34. The van der Waals surface area contributed by atoms with Gasteiger partial charge in [0.05, 0.1) is 12.6 Å². The molecule has 1 atom stereocenters. The summed E-state index contributed by atoms with van der Waals surface area (Å²) in [5.41, 5.74) is 3.35. The third-order valence-electron chi connectivity index (χ3n) is 4.11. The second kappa shape index (κ2) is 5.77. The Bertz CT molecular complexity index is 630. The number of nitrogens with zero attached hydrogens (tertiary/aromatic N) is 4. The number of aromatic nitrogens is 3. The van der Waals surface area contributed by atoms with Crippen molar-refractivity contribution in [2.24, 2.45) is 0 Å². The molecule has 2 heterocycles. The molecule has 2 aromatic heterocycles. The van der Waals surface area contributed by atoms with Crippen LogP contribution < -0.4 is 4.90 Å². The van der Waals surface area contributed by atoms with E-state index in [-0.39, 0.29) is 12.6 Å². The van der Waals surface area contributed by atoms with Crippen LogP contribution in [0.25, 0.3) is 11.4 Å². The van der Waals surface area contributed by atoms with Crippen LogP contribution in [0.3, 0.4) is 0 Å². The molecule has 0 fully saturated rings. The normalized spacial score (nSPS) is 14.8. The molecule has 0 aromatic carbocycles. The number of anilines is 1. The van der Waals surface area contributed by atoms with Crippen molar-refractivity contribution in [1.82, 2.24) is 15.0 Å². The molecule has 21 heavy (non-hydrogen) atoms. The molecule has 0 amide bonds. The average molecular weight is 284 g/mol. The van der Waals surface area contributed by atoms with Gasteiger partial charge in [-0.3, -0.25) is 4.98 Å². The monoisotopic (exact) mass is 284 g/mol. The zero-order chi connectivity index (χ0) is 14.8. The number of hydrogen-bond acceptors (Lipinski definition) is 5. The molecule has 110 valence electrons. The van der Waals surface area contributed by atoms with Crippen molar-refractivity contribution in [3.05, 3.63) is 35.8 Å². The van der Waals surface area contributed by atoms with Gasteiger partial charge in [0.2, 0.25) is 0 Å². The van der Waals surface area contributed by atoms with Gasteiger partial charge in [-0.15, -0.1) is 0 Å². The topological polar surface area (TPSA) is 62.1 Å². The predicted molar refractivity (Wildman–Crippen MR) is 82.2 cm³/mol. The standard InChI is InChI=1S/C16H20N4O/c1-11(10-21)20(2)16-13-4-3-5-14(13)18-15(19-16)12-6-8-17-9-7-12/h6-9,11,21H,3-5,10H2,1-2H3/t11-/m1/s1. The number of fused-ring (bicyclic) bond motifs is 1. The van der Waals surface area contributed by atoms with Crippen LogP contribution in [-0.4, -0.2) is 39.8 Å². The lowest BCUT2D eigenvalue weighted by molar-refractivity contribution is 0.269. The van der Waals surface area contributed by atoms with Gasteiger partial charge in [0.1, 0.15) is 5.82 Å². The Morgan fingerprint density at radius 1 is 1.24 bits per heavy atom. The van der Waals surface area contributed by atoms with E-state index in [0.717, 1.165) is 42.2 Å². The summed E-state index contributed by atoms with van der Waals surface area (Å²) in [6.45, 7) is 2.11. The lowest BCUT2D eigenvalue weighted by atomic mass is 10.2. The number of pyridine rings is 1. The molecule has 0 unspecified atom stereocenters. The van der Waals surface area contributed by atoms with Crippen LogP contribution in [0, 0.1) is 0 Å². The van der Waals surface area contributed by atoms with Crippen molar-refractivity contribution in [3.63, 3.8) is 0 Å². The summed E-state index contributed by atoms with van der Waals surface area (Å²) in [6.07, 6.45) is 6.66. The lowest BCUT2D eigenvalue weighted by Gasteiger charge is -2.26. The van der Waals surface area contributed by atoms with Crippen LogP contribution in [0.15, 0.2) is 24.5 Å². The second-order valence-electron chi connectivity index (χ2n) is 5.53. The van der Waals surface area contributed by atoms with Crippen molar-refractivity contribution in [2.75, 3.05) is 18.6 Å². The first-order chi connectivity index (χ1) is 10.2. The first-order valence-electron chi connectivity index (χ1n) is 7.34. The van der Waals surface area contributed by atoms with E-state index < -0.39 is 0 Å². The van der Waals surface area contributed by atoms with Crippen molar-refractivity contribution >= 4 is 5.82 Å². The van der Waals surface area contributed by atoms with E-state index in [4.69, 9.17) is 9.97 Å². The van der Waals surface area contributed by atoms with Crippen molar-refractivity contribution in [3.8, 4) is 11.4 Å². The second-order valence-corrected chi connectivity index (χ2v) is 5.53. The van der Waals surface area contributed by atoms with E-state index in [9.17, 15) is 5.11 Å². The summed E-state index contributed by atoms with van der Waals surface area (Å²) >= 11 is 0. The highest BCUT2D eigenvalue weighted by Crippen LogP contribution is 2.31. The van der Waals surface area contributed by atoms with Crippen LogP contribution in [0.4, 0.5) is 5.82 Å². The van der Waals surface area contributed by atoms with E-state index >= 15 is 0 Å². The highest BCUT2D eigenvalue weighted by atomic mass is 16.3. The molecule has 1 N–H and O–H groups in total. The van der Waals surface area contributed by atoms with Gasteiger partial charge in [0.15, 0.2) is 5.82 Å². The van der Waals surface area contributed by atoms with Gasteiger partial charge < -0.3 is 10.0 Å². The third-order valence-corrected chi connectivity index (χ3v) is 4.11. The molecular formula is C16H20N4O. The molecule has 0 radical (unpaired) electrons.